The molecule has 0 bridgehead atoms. The molecule has 1 aliphatic heterocycles. The zero-order valence-electron chi connectivity index (χ0n) is 53.2. The zero-order valence-corrected chi connectivity index (χ0v) is 58.6. The van der Waals surface area contributed by atoms with Crippen LogP contribution in [0.1, 0.15) is 27.7 Å². The van der Waals surface area contributed by atoms with Crippen LogP contribution in [0.4, 0.5) is 0 Å². The molecule has 96 heavy (non-hydrogen) atoms. The summed E-state index contributed by atoms with van der Waals surface area (Å²) >= 11 is 9.21. The molecule has 8 nitrogen and oxygen atoms in total. The molecule has 2 aromatic heterocycles. The van der Waals surface area contributed by atoms with Crippen molar-refractivity contribution in [2.24, 2.45) is 0 Å². The van der Waals surface area contributed by atoms with E-state index in [2.05, 4.69) is 301 Å². The van der Waals surface area contributed by atoms with E-state index in [1.807, 2.05) is 97.1 Å². The Morgan fingerprint density at radius 2 is 0.490 bits per heavy atom. The second-order valence-electron chi connectivity index (χ2n) is 24.1. The summed E-state index contributed by atoms with van der Waals surface area (Å²) in [7, 11) is -0.391. The molecule has 12 aromatic carbocycles. The smallest absolute Gasteiger partial charge is 0.399 e. The fourth-order valence-corrected chi connectivity index (χ4v) is 12.8. The molecule has 0 saturated carbocycles. The van der Waals surface area contributed by atoms with Gasteiger partial charge in [0.2, 0.25) is 0 Å². The van der Waals surface area contributed by atoms with Crippen LogP contribution in [0.25, 0.3) is 124 Å². The number of rotatable bonds is 12. The van der Waals surface area contributed by atoms with Gasteiger partial charge in [-0.2, -0.15) is 0 Å². The largest absolute Gasteiger partial charge is 0.494 e. The third-order valence-electron chi connectivity index (χ3n) is 17.0. The van der Waals surface area contributed by atoms with Crippen LogP contribution in [0.3, 0.4) is 0 Å². The van der Waals surface area contributed by atoms with E-state index in [1.165, 1.54) is 25.8 Å². The number of hydrogen-bond donors (Lipinski definition) is 0. The van der Waals surface area contributed by atoms with Crippen LogP contribution in [0.2, 0.25) is 0 Å². The minimum absolute atomic E-state index is 0.378. The van der Waals surface area contributed by atoms with Gasteiger partial charge < -0.3 is 9.31 Å². The maximum Gasteiger partial charge on any atom is 0.494 e. The summed E-state index contributed by atoms with van der Waals surface area (Å²) < 4.78 is 16.0. The molecular weight excluding hydrogens is 1420 g/mol. The molecule has 14 aromatic rings. The van der Waals surface area contributed by atoms with Gasteiger partial charge in [0.25, 0.3) is 0 Å². The molecule has 3 heterocycles. The lowest BCUT2D eigenvalue weighted by molar-refractivity contribution is 0.00578. The third-order valence-corrected chi connectivity index (χ3v) is 18.7. The van der Waals surface area contributed by atoms with E-state index in [1.54, 1.807) is 0 Å². The molecule has 15 rings (SSSR count). The summed E-state index contributed by atoms with van der Waals surface area (Å²) in [6, 6.07) is 108. The van der Waals surface area contributed by atoms with Crippen molar-refractivity contribution in [1.82, 2.24) is 29.9 Å². The van der Waals surface area contributed by atoms with Crippen LogP contribution >= 0.6 is 54.5 Å². The van der Waals surface area contributed by atoms with Crippen molar-refractivity contribution in [3.8, 4) is 124 Å². The first-order chi connectivity index (χ1) is 46.7. The highest BCUT2D eigenvalue weighted by atomic mass is 127. The van der Waals surface area contributed by atoms with Gasteiger partial charge in [-0.1, -0.05) is 305 Å². The fraction of sp³-hybridized carbons (Fsp3) is 0.0714. The van der Waals surface area contributed by atoms with Crippen molar-refractivity contribution < 1.29 is 9.31 Å². The van der Waals surface area contributed by atoms with Crippen molar-refractivity contribution in [3.05, 3.63) is 328 Å². The minimum Gasteiger partial charge on any atom is -0.399 e. The lowest BCUT2D eigenvalue weighted by atomic mass is 9.78. The highest BCUT2D eigenvalue weighted by molar-refractivity contribution is 14.1. The summed E-state index contributed by atoms with van der Waals surface area (Å²) in [5.41, 5.74) is 17.3. The van der Waals surface area contributed by atoms with Crippen molar-refractivity contribution in [3.63, 3.8) is 0 Å². The Hall–Kier alpha value is -9.67. The van der Waals surface area contributed by atoms with E-state index < -0.39 is 7.12 Å². The standard InChI is InChI=1S/C39H34BN3O2.C39H26BrN3.C6H4BrI/c1-38(2)39(3,4)45-40(44-38)34-24-22-29(23-25-34)32-16-11-17-33(26-32)37-42-35(30-14-9-6-10-15-30)41-36(43-37)31-20-18-28(19-21-31)27-12-7-5-8-13-27;40-36-16-8-14-34(26-36)30-19-17-29(18-20-30)33-13-7-15-35(25-33)39-42-37(31-11-5-2-6-12-31)41-38(43-39)32-23-21-28(22-24-32)27-9-3-1-4-10-27;7-5-2-1-3-6(8)4-5/h5-26H,1-4H3;1-26H;1-4H. The number of aromatic nitrogens is 6. The maximum atomic E-state index is 6.25. The van der Waals surface area contributed by atoms with Gasteiger partial charge in [-0.25, -0.2) is 29.9 Å². The van der Waals surface area contributed by atoms with Crippen molar-refractivity contribution in [2.45, 2.75) is 38.9 Å². The van der Waals surface area contributed by atoms with Gasteiger partial charge in [-0.3, -0.25) is 0 Å². The van der Waals surface area contributed by atoms with E-state index in [-0.39, 0.29) is 11.2 Å². The Morgan fingerprint density at radius 1 is 0.250 bits per heavy atom. The number of benzene rings is 12. The van der Waals surface area contributed by atoms with Crippen LogP contribution in [0, 0.1) is 3.57 Å². The topological polar surface area (TPSA) is 95.8 Å². The Bertz CT molecular complexity index is 4920. The first-order valence-corrected chi connectivity index (χ1v) is 34.3. The first-order valence-electron chi connectivity index (χ1n) is 31.6. The quantitative estimate of drug-likeness (QED) is 0.0882. The molecule has 0 atom stereocenters. The summed E-state index contributed by atoms with van der Waals surface area (Å²) in [6.07, 6.45) is 0. The van der Waals surface area contributed by atoms with Crippen LogP contribution in [0.5, 0.6) is 0 Å². The number of halogens is 3. The van der Waals surface area contributed by atoms with Crippen LogP contribution < -0.4 is 5.46 Å². The Balaban J connectivity index is 0.000000155. The van der Waals surface area contributed by atoms with Gasteiger partial charge >= 0.3 is 7.12 Å². The second kappa shape index (κ2) is 29.5. The third kappa shape index (κ3) is 15.7. The van der Waals surface area contributed by atoms with E-state index in [4.69, 9.17) is 39.2 Å². The molecular formula is C84H64BBr2IN6O2. The molecule has 0 unspecified atom stereocenters. The lowest BCUT2D eigenvalue weighted by Gasteiger charge is -2.32. The van der Waals surface area contributed by atoms with Crippen LogP contribution in [-0.2, 0) is 9.31 Å². The highest BCUT2D eigenvalue weighted by Crippen LogP contribution is 2.38. The minimum atomic E-state index is -0.391. The predicted molar refractivity (Wildman–Crippen MR) is 410 cm³/mol. The second-order valence-corrected chi connectivity index (χ2v) is 27.2. The molecule has 1 saturated heterocycles. The Morgan fingerprint density at radius 3 is 0.823 bits per heavy atom. The summed E-state index contributed by atoms with van der Waals surface area (Å²) in [5.74, 6) is 3.84. The summed E-state index contributed by atoms with van der Waals surface area (Å²) in [4.78, 5) is 29.6. The van der Waals surface area contributed by atoms with Gasteiger partial charge in [0, 0.05) is 45.9 Å². The summed E-state index contributed by atoms with van der Waals surface area (Å²) in [6.45, 7) is 8.29. The van der Waals surface area contributed by atoms with Gasteiger partial charge in [-0.15, -0.1) is 0 Å². The number of hydrogen-bond acceptors (Lipinski definition) is 8. The first kappa shape index (κ1) is 65.0. The fourth-order valence-electron chi connectivity index (χ4n) is 11.1. The van der Waals surface area contributed by atoms with E-state index in [0.29, 0.717) is 34.9 Å². The average molecular weight is 1490 g/mol. The van der Waals surface area contributed by atoms with E-state index in [9.17, 15) is 0 Å². The van der Waals surface area contributed by atoms with Gasteiger partial charge in [0.05, 0.1) is 11.2 Å². The average Bonchev–Trinajstić information content (AvgIpc) is 1.56. The molecule has 0 amide bonds. The monoisotopic (exact) mass is 1480 g/mol. The van der Waals surface area contributed by atoms with Gasteiger partial charge in [-0.05, 0) is 154 Å². The molecule has 12 heteroatoms. The van der Waals surface area contributed by atoms with Crippen LogP contribution in [0.15, 0.2) is 324 Å². The molecule has 0 radical (unpaired) electrons. The van der Waals surface area contributed by atoms with Crippen LogP contribution in [-0.4, -0.2) is 48.2 Å². The predicted octanol–water partition coefficient (Wildman–Crippen LogP) is 22.2. The highest BCUT2D eigenvalue weighted by Gasteiger charge is 2.51. The van der Waals surface area contributed by atoms with E-state index >= 15 is 0 Å². The molecule has 0 spiro atoms. The van der Waals surface area contributed by atoms with Gasteiger partial charge in [0.15, 0.2) is 34.9 Å². The molecule has 0 aliphatic carbocycles. The lowest BCUT2D eigenvalue weighted by Crippen LogP contribution is -2.41. The van der Waals surface area contributed by atoms with Crippen molar-refractivity contribution in [2.75, 3.05) is 0 Å². The number of nitrogens with zero attached hydrogens (tertiary/aromatic N) is 6. The normalized spacial score (nSPS) is 12.8. The van der Waals surface area contributed by atoms with Crippen molar-refractivity contribution in [1.29, 1.82) is 0 Å². The molecule has 1 aliphatic rings. The Labute approximate surface area is 592 Å². The maximum absolute atomic E-state index is 6.25. The molecule has 1 fully saturated rings. The van der Waals surface area contributed by atoms with Crippen molar-refractivity contribution >= 4 is 67.0 Å². The SMILES string of the molecule is Brc1cccc(-c2ccc(-c3cccc(-c4nc(-c5ccccc5)nc(-c5ccc(-c6ccccc6)cc5)n4)c3)cc2)c1.Brc1cccc(I)c1.CC1(C)OB(c2ccc(-c3cccc(-c4nc(-c5ccccc5)nc(-c5ccc(-c6ccccc6)cc5)n4)c3)cc2)OC1(C)C. The molecule has 466 valence electrons. The van der Waals surface area contributed by atoms with E-state index in [0.717, 1.165) is 81.2 Å². The van der Waals surface area contributed by atoms with Gasteiger partial charge in [0.1, 0.15) is 0 Å². The molecule has 0 N–H and O–H groups in total. The Kier molecular flexibility index (Phi) is 20.0. The zero-order chi connectivity index (χ0) is 66.0. The summed E-state index contributed by atoms with van der Waals surface area (Å²) in [5, 5.41) is 0.